The predicted molar refractivity (Wildman–Crippen MR) is 64.3 cm³/mol. The molecule has 2 N–H and O–H groups in total. The molecule has 2 atom stereocenters. The molecular formula is C12H24N2O2. The van der Waals surface area contributed by atoms with Gasteiger partial charge >= 0.3 is 0 Å². The van der Waals surface area contributed by atoms with Crippen LogP contribution in [0.5, 0.6) is 0 Å². The fraction of sp³-hybridized carbons (Fsp3) is 0.917. The summed E-state index contributed by atoms with van der Waals surface area (Å²) in [5.41, 5.74) is 0. The maximum atomic E-state index is 11.4. The third kappa shape index (κ3) is 4.94. The lowest BCUT2D eigenvalue weighted by atomic mass is 9.86. The minimum absolute atomic E-state index is 0.0647. The fourth-order valence-electron chi connectivity index (χ4n) is 2.20. The second-order valence-electron chi connectivity index (χ2n) is 4.59. The van der Waals surface area contributed by atoms with Crippen LogP contribution in [0.3, 0.4) is 0 Å². The van der Waals surface area contributed by atoms with Crippen LogP contribution >= 0.6 is 0 Å². The summed E-state index contributed by atoms with van der Waals surface area (Å²) in [6.45, 7) is 3.86. The van der Waals surface area contributed by atoms with Crippen molar-refractivity contribution in [1.82, 2.24) is 10.6 Å². The van der Waals surface area contributed by atoms with Crippen LogP contribution in [0.4, 0.5) is 0 Å². The van der Waals surface area contributed by atoms with Gasteiger partial charge in [-0.2, -0.15) is 0 Å². The lowest BCUT2D eigenvalue weighted by molar-refractivity contribution is -0.120. The van der Waals surface area contributed by atoms with Crippen molar-refractivity contribution in [2.24, 2.45) is 5.92 Å². The normalized spacial score (nSPS) is 25.4. The van der Waals surface area contributed by atoms with E-state index >= 15 is 0 Å². The summed E-state index contributed by atoms with van der Waals surface area (Å²) in [6, 6.07) is 0.516. The van der Waals surface area contributed by atoms with E-state index in [4.69, 9.17) is 4.74 Å². The molecule has 1 aliphatic carbocycles. The van der Waals surface area contributed by atoms with Crippen LogP contribution in [-0.2, 0) is 9.53 Å². The van der Waals surface area contributed by atoms with Gasteiger partial charge in [0.1, 0.15) is 0 Å². The van der Waals surface area contributed by atoms with Crippen molar-refractivity contribution in [2.45, 2.75) is 38.6 Å². The van der Waals surface area contributed by atoms with E-state index in [9.17, 15) is 4.79 Å². The Balaban J connectivity index is 2.10. The van der Waals surface area contributed by atoms with Crippen molar-refractivity contribution >= 4 is 5.91 Å². The predicted octanol–water partition coefficient (Wildman–Crippen LogP) is 0.917. The van der Waals surface area contributed by atoms with Gasteiger partial charge in [-0.3, -0.25) is 4.79 Å². The highest BCUT2D eigenvalue weighted by Gasteiger charge is 2.20. The van der Waals surface area contributed by atoms with E-state index in [1.165, 1.54) is 25.7 Å². The average molecular weight is 228 g/mol. The number of hydrogen-bond donors (Lipinski definition) is 2. The summed E-state index contributed by atoms with van der Waals surface area (Å²) in [7, 11) is 1.63. The summed E-state index contributed by atoms with van der Waals surface area (Å²) >= 11 is 0. The Morgan fingerprint density at radius 2 is 2.12 bits per heavy atom. The number of nitrogens with one attached hydrogen (secondary N) is 2. The Labute approximate surface area is 98.1 Å². The minimum Gasteiger partial charge on any atom is -0.383 e. The van der Waals surface area contributed by atoms with Crippen LogP contribution < -0.4 is 10.6 Å². The van der Waals surface area contributed by atoms with E-state index in [-0.39, 0.29) is 5.91 Å². The zero-order chi connectivity index (χ0) is 11.8. The molecule has 94 valence electrons. The molecule has 0 radical (unpaired) electrons. The van der Waals surface area contributed by atoms with Gasteiger partial charge in [-0.1, -0.05) is 19.8 Å². The van der Waals surface area contributed by atoms with Crippen LogP contribution in [0.2, 0.25) is 0 Å². The van der Waals surface area contributed by atoms with Crippen LogP contribution in [0.15, 0.2) is 0 Å². The van der Waals surface area contributed by atoms with E-state index in [0.717, 1.165) is 0 Å². The van der Waals surface area contributed by atoms with Gasteiger partial charge in [0.2, 0.25) is 5.91 Å². The maximum absolute atomic E-state index is 11.4. The largest absolute Gasteiger partial charge is 0.383 e. The van der Waals surface area contributed by atoms with E-state index in [0.29, 0.717) is 31.7 Å². The summed E-state index contributed by atoms with van der Waals surface area (Å²) in [6.07, 6.45) is 5.10. The Bertz CT molecular complexity index is 209. The molecule has 0 heterocycles. The van der Waals surface area contributed by atoms with Crippen molar-refractivity contribution in [3.63, 3.8) is 0 Å². The van der Waals surface area contributed by atoms with Crippen molar-refractivity contribution < 1.29 is 9.53 Å². The number of rotatable bonds is 6. The monoisotopic (exact) mass is 228 g/mol. The molecule has 16 heavy (non-hydrogen) atoms. The second-order valence-corrected chi connectivity index (χ2v) is 4.59. The first-order chi connectivity index (χ1) is 7.74. The van der Waals surface area contributed by atoms with E-state index in [2.05, 4.69) is 17.6 Å². The SMILES string of the molecule is COCCNC(=O)CNC1CCCCC1C. The first-order valence-electron chi connectivity index (χ1n) is 6.23. The highest BCUT2D eigenvalue weighted by Crippen LogP contribution is 2.23. The summed E-state index contributed by atoms with van der Waals surface area (Å²) < 4.78 is 4.87. The second kappa shape index (κ2) is 7.63. The quantitative estimate of drug-likeness (QED) is 0.665. The van der Waals surface area contributed by atoms with Gasteiger partial charge in [-0.25, -0.2) is 0 Å². The van der Waals surface area contributed by atoms with Gasteiger partial charge in [0.15, 0.2) is 0 Å². The van der Waals surface area contributed by atoms with Crippen molar-refractivity contribution in [3.8, 4) is 0 Å². The molecular weight excluding hydrogens is 204 g/mol. The molecule has 0 aromatic heterocycles. The van der Waals surface area contributed by atoms with Crippen molar-refractivity contribution in [2.75, 3.05) is 26.8 Å². The lowest BCUT2D eigenvalue weighted by Crippen LogP contribution is -2.43. The van der Waals surface area contributed by atoms with Crippen LogP contribution in [0.1, 0.15) is 32.6 Å². The number of ether oxygens (including phenoxy) is 1. The van der Waals surface area contributed by atoms with Gasteiger partial charge < -0.3 is 15.4 Å². The molecule has 1 fully saturated rings. The zero-order valence-electron chi connectivity index (χ0n) is 10.4. The van der Waals surface area contributed by atoms with Crippen molar-refractivity contribution in [1.29, 1.82) is 0 Å². The van der Waals surface area contributed by atoms with Crippen LogP contribution in [0, 0.1) is 5.92 Å². The Morgan fingerprint density at radius 3 is 2.81 bits per heavy atom. The van der Waals surface area contributed by atoms with Gasteiger partial charge in [0, 0.05) is 19.7 Å². The molecule has 1 saturated carbocycles. The highest BCUT2D eigenvalue weighted by molar-refractivity contribution is 5.77. The lowest BCUT2D eigenvalue weighted by Gasteiger charge is -2.29. The number of amides is 1. The molecule has 0 aromatic rings. The molecule has 0 bridgehead atoms. The van der Waals surface area contributed by atoms with Crippen LogP contribution in [-0.4, -0.2) is 38.8 Å². The molecule has 1 rings (SSSR count). The fourth-order valence-corrected chi connectivity index (χ4v) is 2.20. The van der Waals surface area contributed by atoms with Crippen molar-refractivity contribution in [3.05, 3.63) is 0 Å². The molecule has 0 aliphatic heterocycles. The first kappa shape index (κ1) is 13.5. The molecule has 2 unspecified atom stereocenters. The molecule has 4 nitrogen and oxygen atoms in total. The molecule has 0 spiro atoms. The average Bonchev–Trinajstić information content (AvgIpc) is 2.28. The molecule has 1 amide bonds. The van der Waals surface area contributed by atoms with E-state index in [1.807, 2.05) is 0 Å². The van der Waals surface area contributed by atoms with Gasteiger partial charge in [0.25, 0.3) is 0 Å². The van der Waals surface area contributed by atoms with Gasteiger partial charge in [0.05, 0.1) is 13.2 Å². The van der Waals surface area contributed by atoms with Crippen LogP contribution in [0.25, 0.3) is 0 Å². The minimum atomic E-state index is 0.0647. The number of hydrogen-bond acceptors (Lipinski definition) is 3. The Kier molecular flexibility index (Phi) is 6.42. The number of methoxy groups -OCH3 is 1. The third-order valence-electron chi connectivity index (χ3n) is 3.26. The number of carbonyl (C=O) groups is 1. The zero-order valence-corrected chi connectivity index (χ0v) is 10.4. The highest BCUT2D eigenvalue weighted by atomic mass is 16.5. The van der Waals surface area contributed by atoms with E-state index < -0.39 is 0 Å². The molecule has 0 aromatic carbocycles. The molecule has 0 saturated heterocycles. The first-order valence-corrected chi connectivity index (χ1v) is 6.23. The smallest absolute Gasteiger partial charge is 0.234 e. The maximum Gasteiger partial charge on any atom is 0.234 e. The van der Waals surface area contributed by atoms with Gasteiger partial charge in [-0.05, 0) is 18.8 Å². The summed E-state index contributed by atoms with van der Waals surface area (Å²) in [4.78, 5) is 11.4. The molecule has 1 aliphatic rings. The third-order valence-corrected chi connectivity index (χ3v) is 3.26. The summed E-state index contributed by atoms with van der Waals surface area (Å²) in [5, 5.41) is 6.16. The standard InChI is InChI=1S/C12H24N2O2/c1-10-5-3-4-6-11(10)14-9-12(15)13-7-8-16-2/h10-11,14H,3-9H2,1-2H3,(H,13,15). The van der Waals surface area contributed by atoms with Gasteiger partial charge in [-0.15, -0.1) is 0 Å². The van der Waals surface area contributed by atoms with E-state index in [1.54, 1.807) is 7.11 Å². The topological polar surface area (TPSA) is 50.4 Å². The number of carbonyl (C=O) groups excluding carboxylic acids is 1. The molecule has 4 heteroatoms. The Hall–Kier alpha value is -0.610. The summed E-state index contributed by atoms with van der Waals surface area (Å²) in [5.74, 6) is 0.760. The Morgan fingerprint density at radius 1 is 1.38 bits per heavy atom.